The lowest BCUT2D eigenvalue weighted by Crippen LogP contribution is -2.49. The smallest absolute Gasteiger partial charge is 0.248 e. The maximum atomic E-state index is 13.9. The molecule has 2 aromatic heterocycles. The highest BCUT2D eigenvalue weighted by Crippen LogP contribution is 2.36. The number of ketones is 1. The Bertz CT molecular complexity index is 1430. The highest BCUT2D eigenvalue weighted by Gasteiger charge is 2.32. The molecule has 1 N–H and O–H groups in total. The van der Waals surface area contributed by atoms with Crippen molar-refractivity contribution in [1.82, 2.24) is 19.8 Å². The summed E-state index contributed by atoms with van der Waals surface area (Å²) in [7, 11) is 1.77. The lowest BCUT2D eigenvalue weighted by atomic mass is 10.00. The lowest BCUT2D eigenvalue weighted by Gasteiger charge is -2.38. The van der Waals surface area contributed by atoms with Crippen LogP contribution in [0.5, 0.6) is 0 Å². The van der Waals surface area contributed by atoms with E-state index in [0.29, 0.717) is 42.0 Å². The minimum atomic E-state index is -1.17. The van der Waals surface area contributed by atoms with Crippen LogP contribution in [-0.4, -0.2) is 56.8 Å². The number of thiophene rings is 1. The maximum Gasteiger partial charge on any atom is 0.248 e. The number of allylic oxidation sites excluding steroid dienone is 2. The Kier molecular flexibility index (Phi) is 7.50. The first-order valence-corrected chi connectivity index (χ1v) is 14.8. The first-order valence-electron chi connectivity index (χ1n) is 14.0. The molecule has 0 spiro atoms. The fourth-order valence-corrected chi connectivity index (χ4v) is 6.15. The van der Waals surface area contributed by atoms with Crippen molar-refractivity contribution in [1.29, 1.82) is 0 Å². The molecule has 1 atom stereocenters. The van der Waals surface area contributed by atoms with E-state index in [-0.39, 0.29) is 17.6 Å². The molecule has 2 aliphatic carbocycles. The normalized spacial score (nSPS) is 20.3. The van der Waals surface area contributed by atoms with Gasteiger partial charge in [0.2, 0.25) is 11.9 Å². The average molecular weight is 564 g/mol. The van der Waals surface area contributed by atoms with Crippen LogP contribution in [0, 0.1) is 11.8 Å². The van der Waals surface area contributed by atoms with Crippen LogP contribution in [0.2, 0.25) is 0 Å². The molecule has 9 nitrogen and oxygen atoms in total. The van der Waals surface area contributed by atoms with Gasteiger partial charge in [0.25, 0.3) is 0 Å². The van der Waals surface area contributed by atoms with Crippen LogP contribution in [0.25, 0.3) is 0 Å². The largest absolute Gasteiger partial charge is 0.310 e. The zero-order valence-corrected chi connectivity index (χ0v) is 23.7. The molecular weight excluding hydrogens is 529 g/mol. The monoisotopic (exact) mass is 563 g/mol. The number of halogens is 1. The number of alkyl halides is 1. The Morgan fingerprint density at radius 1 is 1.30 bits per heavy atom. The van der Waals surface area contributed by atoms with E-state index in [9.17, 15) is 14.0 Å². The lowest BCUT2D eigenvalue weighted by molar-refractivity contribution is -0.118. The van der Waals surface area contributed by atoms with Gasteiger partial charge in [0.15, 0.2) is 5.78 Å². The van der Waals surface area contributed by atoms with Crippen molar-refractivity contribution in [3.8, 4) is 0 Å². The molecule has 2 saturated carbocycles. The Balaban J connectivity index is 1.25. The molecule has 1 unspecified atom stereocenters. The average Bonchev–Trinajstić information content (AvgIpc) is 3.87. The van der Waals surface area contributed by atoms with Gasteiger partial charge in [0, 0.05) is 55.0 Å². The van der Waals surface area contributed by atoms with E-state index >= 15 is 0 Å². The molecule has 0 aromatic carbocycles. The van der Waals surface area contributed by atoms with Gasteiger partial charge in [-0.05, 0) is 69.1 Å². The number of hydrogen-bond donors (Lipinski definition) is 1. The van der Waals surface area contributed by atoms with Crippen molar-refractivity contribution < 1.29 is 14.0 Å². The molecule has 40 heavy (non-hydrogen) atoms. The summed E-state index contributed by atoms with van der Waals surface area (Å²) in [6, 6.07) is 1.69. The molecule has 0 radical (unpaired) electrons. The zero-order chi connectivity index (χ0) is 27.8. The topological polar surface area (TPSA) is 95.2 Å². The predicted octanol–water partition coefficient (Wildman–Crippen LogP) is 4.98. The number of anilines is 1. The number of hydrogen-bond acceptors (Lipinski definition) is 8. The van der Waals surface area contributed by atoms with Crippen LogP contribution >= 0.6 is 11.3 Å². The van der Waals surface area contributed by atoms with E-state index in [4.69, 9.17) is 0 Å². The van der Waals surface area contributed by atoms with Crippen molar-refractivity contribution in [3.63, 3.8) is 0 Å². The summed E-state index contributed by atoms with van der Waals surface area (Å²) in [4.78, 5) is 36.6. The summed E-state index contributed by atoms with van der Waals surface area (Å²) in [6.45, 7) is 3.22. The number of guanidine groups is 1. The summed E-state index contributed by atoms with van der Waals surface area (Å²) in [5, 5.41) is 11.7. The second-order valence-electron chi connectivity index (χ2n) is 10.9. The van der Waals surface area contributed by atoms with E-state index in [1.54, 1.807) is 41.4 Å². The number of nitrogens with one attached hydrogen (secondary N) is 1. The first-order chi connectivity index (χ1) is 19.4. The van der Waals surface area contributed by atoms with Crippen LogP contribution < -0.4 is 5.32 Å². The van der Waals surface area contributed by atoms with Crippen LogP contribution in [0.3, 0.4) is 0 Å². The van der Waals surface area contributed by atoms with Gasteiger partial charge in [-0.1, -0.05) is 6.08 Å². The van der Waals surface area contributed by atoms with Crippen molar-refractivity contribution in [2.75, 3.05) is 18.4 Å². The first kappa shape index (κ1) is 26.8. The van der Waals surface area contributed by atoms with Gasteiger partial charge in [0.1, 0.15) is 12.0 Å². The summed E-state index contributed by atoms with van der Waals surface area (Å²) < 4.78 is 15.5. The molecule has 2 aliphatic heterocycles. The molecule has 210 valence electrons. The Hall–Kier alpha value is -3.44. The number of aliphatic imine (C=N–C) groups is 2. The third kappa shape index (κ3) is 5.85. The second kappa shape index (κ2) is 11.2. The van der Waals surface area contributed by atoms with Crippen molar-refractivity contribution in [3.05, 3.63) is 57.1 Å². The molecule has 6 rings (SSSR count). The Labute approximate surface area is 237 Å². The standard InChI is InChI=1S/C29H34FN7O2S/c1-18(30)22-15-26(35(2)34-22)33-29-31-12-4-13-37(29)36-14-11-24-21(17-36)27(23(38)6-3-5-19-7-8-19)25(40-24)16-32-28(39)20-9-10-20/h3-4,6,13,15-16,18-20H,5,7-12,14,17H2,1-2H3,(H,31,33)/b6-3+,32-16?. The number of fused-ring (bicyclic) bond motifs is 1. The molecule has 11 heteroatoms. The Morgan fingerprint density at radius 2 is 2.12 bits per heavy atom. The van der Waals surface area contributed by atoms with Crippen LogP contribution in [0.4, 0.5) is 10.2 Å². The van der Waals surface area contributed by atoms with Gasteiger partial charge in [-0.15, -0.1) is 11.3 Å². The minimum absolute atomic E-state index is 0.0377. The van der Waals surface area contributed by atoms with E-state index in [0.717, 1.165) is 47.5 Å². The van der Waals surface area contributed by atoms with Gasteiger partial charge < -0.3 is 5.32 Å². The van der Waals surface area contributed by atoms with E-state index in [2.05, 4.69) is 25.4 Å². The number of amides is 1. The number of carbonyl (C=O) groups excluding carboxylic acids is 2. The highest BCUT2D eigenvalue weighted by atomic mass is 32.1. The molecule has 2 aromatic rings. The molecule has 2 fully saturated rings. The Morgan fingerprint density at radius 3 is 2.85 bits per heavy atom. The molecule has 0 bridgehead atoms. The fraction of sp³-hybridized carbons (Fsp3) is 0.483. The maximum absolute atomic E-state index is 13.9. The number of aryl methyl sites for hydroxylation is 1. The van der Waals surface area contributed by atoms with E-state index < -0.39 is 6.17 Å². The molecule has 4 heterocycles. The van der Waals surface area contributed by atoms with Gasteiger partial charge in [-0.25, -0.2) is 19.4 Å². The van der Waals surface area contributed by atoms with Crippen LogP contribution in [-0.2, 0) is 24.8 Å². The van der Waals surface area contributed by atoms with E-state index in [1.807, 2.05) is 23.4 Å². The minimum Gasteiger partial charge on any atom is -0.310 e. The van der Waals surface area contributed by atoms with Crippen molar-refractivity contribution in [2.45, 2.75) is 58.2 Å². The predicted molar refractivity (Wildman–Crippen MR) is 154 cm³/mol. The SMILES string of the molecule is CC(F)c1cc(NC2=NCC=CN2N2CCc3sc(C=NC(=O)C4CC4)c(C(=O)/C=C/CC4CC4)c3C2)n(C)n1. The van der Waals surface area contributed by atoms with Crippen molar-refractivity contribution >= 4 is 41.0 Å². The molecule has 4 aliphatic rings. The summed E-state index contributed by atoms with van der Waals surface area (Å²) in [6.07, 6.45) is 14.0. The molecular formula is C29H34FN7O2S. The quantitative estimate of drug-likeness (QED) is 0.263. The van der Waals surface area contributed by atoms with Gasteiger partial charge in [-0.2, -0.15) is 5.10 Å². The van der Waals surface area contributed by atoms with Gasteiger partial charge >= 0.3 is 0 Å². The van der Waals surface area contributed by atoms with Crippen LogP contribution in [0.1, 0.15) is 76.6 Å². The van der Waals surface area contributed by atoms with E-state index in [1.165, 1.54) is 19.8 Å². The number of hydrazine groups is 1. The number of nitrogens with zero attached hydrogens (tertiary/aromatic N) is 6. The van der Waals surface area contributed by atoms with Crippen molar-refractivity contribution in [2.24, 2.45) is 28.9 Å². The van der Waals surface area contributed by atoms with Gasteiger partial charge in [0.05, 0.1) is 17.1 Å². The fourth-order valence-electron chi connectivity index (χ4n) is 4.97. The third-order valence-corrected chi connectivity index (χ3v) is 8.86. The summed E-state index contributed by atoms with van der Waals surface area (Å²) in [5.74, 6) is 1.86. The van der Waals surface area contributed by atoms with Gasteiger partial charge in [-0.3, -0.25) is 19.3 Å². The summed E-state index contributed by atoms with van der Waals surface area (Å²) >= 11 is 1.56. The number of aromatic nitrogens is 2. The second-order valence-corrected chi connectivity index (χ2v) is 12.0. The number of carbonyl (C=O) groups is 2. The number of rotatable bonds is 9. The van der Waals surface area contributed by atoms with Crippen LogP contribution in [0.15, 0.2) is 40.5 Å². The molecule has 0 saturated heterocycles. The molecule has 1 amide bonds. The zero-order valence-electron chi connectivity index (χ0n) is 22.8. The highest BCUT2D eigenvalue weighted by molar-refractivity contribution is 7.14. The summed E-state index contributed by atoms with van der Waals surface area (Å²) in [5.41, 5.74) is 1.98. The third-order valence-electron chi connectivity index (χ3n) is 7.63.